The highest BCUT2D eigenvalue weighted by Gasteiger charge is 2.08. The van der Waals surface area contributed by atoms with Gasteiger partial charge in [-0.3, -0.25) is 9.59 Å². The van der Waals surface area contributed by atoms with E-state index in [9.17, 15) is 9.59 Å². The molecule has 0 saturated heterocycles. The molecule has 0 saturated carbocycles. The second-order valence-corrected chi connectivity index (χ2v) is 7.10. The summed E-state index contributed by atoms with van der Waals surface area (Å²) in [6.07, 6.45) is 3.25. The van der Waals surface area contributed by atoms with Gasteiger partial charge in [-0.1, -0.05) is 30.3 Å². The maximum absolute atomic E-state index is 12.3. The van der Waals surface area contributed by atoms with Crippen LogP contribution in [0.4, 0.5) is 11.4 Å². The van der Waals surface area contributed by atoms with E-state index in [0.29, 0.717) is 17.1 Å². The first-order chi connectivity index (χ1) is 13.5. The number of methoxy groups -OCH3 is 1. The van der Waals surface area contributed by atoms with Gasteiger partial charge in [0.2, 0.25) is 11.8 Å². The van der Waals surface area contributed by atoms with Crippen LogP contribution in [0.2, 0.25) is 0 Å². The van der Waals surface area contributed by atoms with E-state index in [4.69, 9.17) is 4.74 Å². The van der Waals surface area contributed by atoms with Crippen molar-refractivity contribution in [3.8, 4) is 16.2 Å². The molecule has 142 valence electrons. The standard InChI is InChI=1S/C22H20N2O3S/c1-15(25)23-17-8-11-20(27-2)19(14-17)24-22(26)13-10-18-9-12-21(28-18)16-6-4-3-5-7-16/h3-14H,1-2H3,(H,23,25)(H,24,26)/b13-10+. The Morgan fingerprint density at radius 1 is 1.00 bits per heavy atom. The lowest BCUT2D eigenvalue weighted by molar-refractivity contribution is -0.114. The minimum Gasteiger partial charge on any atom is -0.495 e. The zero-order valence-corrected chi connectivity index (χ0v) is 16.4. The molecule has 0 fully saturated rings. The number of ether oxygens (including phenoxy) is 1. The van der Waals surface area contributed by atoms with Gasteiger partial charge in [0.25, 0.3) is 0 Å². The molecule has 0 spiro atoms. The van der Waals surface area contributed by atoms with E-state index in [1.165, 1.54) is 20.1 Å². The minimum absolute atomic E-state index is 0.186. The number of nitrogens with one attached hydrogen (secondary N) is 2. The van der Waals surface area contributed by atoms with Gasteiger partial charge in [0.1, 0.15) is 5.75 Å². The lowest BCUT2D eigenvalue weighted by Crippen LogP contribution is -2.10. The molecule has 5 nitrogen and oxygen atoms in total. The van der Waals surface area contributed by atoms with Crippen LogP contribution in [-0.2, 0) is 9.59 Å². The number of benzene rings is 2. The van der Waals surface area contributed by atoms with Gasteiger partial charge in [-0.05, 0) is 42.0 Å². The number of amides is 2. The number of hydrogen-bond acceptors (Lipinski definition) is 4. The van der Waals surface area contributed by atoms with Gasteiger partial charge in [-0.25, -0.2) is 0 Å². The Morgan fingerprint density at radius 2 is 1.79 bits per heavy atom. The summed E-state index contributed by atoms with van der Waals surface area (Å²) in [6, 6.07) is 19.2. The van der Waals surface area contributed by atoms with Crippen LogP contribution in [0.25, 0.3) is 16.5 Å². The number of hydrogen-bond donors (Lipinski definition) is 2. The molecule has 1 aromatic heterocycles. The Balaban J connectivity index is 1.70. The van der Waals surface area contributed by atoms with Crippen LogP contribution >= 0.6 is 11.3 Å². The second-order valence-electron chi connectivity index (χ2n) is 5.99. The molecule has 0 aliphatic carbocycles. The summed E-state index contributed by atoms with van der Waals surface area (Å²) >= 11 is 1.61. The first-order valence-corrected chi connectivity index (χ1v) is 9.47. The molecule has 0 bridgehead atoms. The molecule has 3 rings (SSSR count). The molecule has 0 radical (unpaired) electrons. The number of anilines is 2. The van der Waals surface area contributed by atoms with E-state index in [1.54, 1.807) is 35.6 Å². The van der Waals surface area contributed by atoms with E-state index in [2.05, 4.69) is 22.8 Å². The first-order valence-electron chi connectivity index (χ1n) is 8.65. The summed E-state index contributed by atoms with van der Waals surface area (Å²) in [5, 5.41) is 5.47. The van der Waals surface area contributed by atoms with Crippen LogP contribution in [0.15, 0.2) is 66.7 Å². The highest BCUT2D eigenvalue weighted by atomic mass is 32.1. The minimum atomic E-state index is -0.284. The predicted molar refractivity (Wildman–Crippen MR) is 115 cm³/mol. The molecule has 0 atom stereocenters. The lowest BCUT2D eigenvalue weighted by atomic mass is 10.2. The summed E-state index contributed by atoms with van der Waals surface area (Å²) < 4.78 is 5.27. The van der Waals surface area contributed by atoms with Gasteiger partial charge in [0.05, 0.1) is 12.8 Å². The van der Waals surface area contributed by atoms with Gasteiger partial charge >= 0.3 is 0 Å². The molecular formula is C22H20N2O3S. The second kappa shape index (κ2) is 9.01. The first kappa shape index (κ1) is 19.4. The molecule has 0 aliphatic rings. The summed E-state index contributed by atoms with van der Waals surface area (Å²) in [6.45, 7) is 1.43. The molecule has 2 N–H and O–H groups in total. The molecule has 6 heteroatoms. The van der Waals surface area contributed by atoms with Gasteiger partial charge in [-0.15, -0.1) is 11.3 Å². The highest BCUT2D eigenvalue weighted by Crippen LogP contribution is 2.29. The van der Waals surface area contributed by atoms with Gasteiger partial charge < -0.3 is 15.4 Å². The van der Waals surface area contributed by atoms with Crippen molar-refractivity contribution in [1.82, 2.24) is 0 Å². The number of thiophene rings is 1. The van der Waals surface area contributed by atoms with Crippen LogP contribution in [-0.4, -0.2) is 18.9 Å². The van der Waals surface area contributed by atoms with Gasteiger partial charge in [0, 0.05) is 28.4 Å². The molecule has 2 amide bonds. The lowest BCUT2D eigenvalue weighted by Gasteiger charge is -2.11. The third-order valence-corrected chi connectivity index (χ3v) is 4.96. The third-order valence-electron chi connectivity index (χ3n) is 3.86. The molecule has 3 aromatic rings. The Labute approximate surface area is 167 Å². The van der Waals surface area contributed by atoms with Gasteiger partial charge in [0.15, 0.2) is 0 Å². The average Bonchev–Trinajstić information content (AvgIpc) is 3.16. The van der Waals surface area contributed by atoms with Crippen LogP contribution in [0.3, 0.4) is 0 Å². The molecule has 0 aliphatic heterocycles. The van der Waals surface area contributed by atoms with E-state index in [0.717, 1.165) is 15.3 Å². The topological polar surface area (TPSA) is 67.4 Å². The predicted octanol–water partition coefficient (Wildman–Crippen LogP) is 5.03. The van der Waals surface area contributed by atoms with E-state index in [-0.39, 0.29) is 11.8 Å². The van der Waals surface area contributed by atoms with Crippen molar-refractivity contribution >= 4 is 40.6 Å². The van der Waals surface area contributed by atoms with Crippen LogP contribution in [0.5, 0.6) is 5.75 Å². The Kier molecular flexibility index (Phi) is 6.24. The van der Waals surface area contributed by atoms with Crippen molar-refractivity contribution in [3.63, 3.8) is 0 Å². The van der Waals surface area contributed by atoms with Crippen LogP contribution < -0.4 is 15.4 Å². The van der Waals surface area contributed by atoms with Crippen molar-refractivity contribution in [3.05, 3.63) is 71.6 Å². The Morgan fingerprint density at radius 3 is 2.50 bits per heavy atom. The van der Waals surface area contributed by atoms with Crippen LogP contribution in [0.1, 0.15) is 11.8 Å². The van der Waals surface area contributed by atoms with Crippen molar-refractivity contribution < 1.29 is 14.3 Å². The molecule has 0 unspecified atom stereocenters. The SMILES string of the molecule is COc1ccc(NC(C)=O)cc1NC(=O)/C=C/c1ccc(-c2ccccc2)s1. The fourth-order valence-electron chi connectivity index (χ4n) is 2.62. The van der Waals surface area contributed by atoms with Crippen molar-refractivity contribution in [2.75, 3.05) is 17.7 Å². The summed E-state index contributed by atoms with van der Waals surface area (Å²) in [4.78, 5) is 25.7. The molecular weight excluding hydrogens is 372 g/mol. The highest BCUT2D eigenvalue weighted by molar-refractivity contribution is 7.16. The summed E-state index contributed by atoms with van der Waals surface area (Å²) in [5.74, 6) is 0.0422. The quantitative estimate of drug-likeness (QED) is 0.578. The van der Waals surface area contributed by atoms with E-state index < -0.39 is 0 Å². The summed E-state index contributed by atoms with van der Waals surface area (Å²) in [7, 11) is 1.52. The fourth-order valence-corrected chi connectivity index (χ4v) is 3.53. The van der Waals surface area contributed by atoms with Crippen molar-refractivity contribution in [2.24, 2.45) is 0 Å². The Hall–Kier alpha value is -3.38. The maximum Gasteiger partial charge on any atom is 0.248 e. The molecule has 1 heterocycles. The third kappa shape index (κ3) is 5.08. The largest absolute Gasteiger partial charge is 0.495 e. The molecule has 28 heavy (non-hydrogen) atoms. The van der Waals surface area contributed by atoms with Crippen molar-refractivity contribution in [2.45, 2.75) is 6.92 Å². The van der Waals surface area contributed by atoms with E-state index in [1.807, 2.05) is 30.3 Å². The summed E-state index contributed by atoms with van der Waals surface area (Å²) in [5.41, 5.74) is 2.22. The van der Waals surface area contributed by atoms with Gasteiger partial charge in [-0.2, -0.15) is 0 Å². The number of carbonyl (C=O) groups excluding carboxylic acids is 2. The molecule has 2 aromatic carbocycles. The fraction of sp³-hybridized carbons (Fsp3) is 0.0909. The average molecular weight is 392 g/mol. The van der Waals surface area contributed by atoms with Crippen molar-refractivity contribution in [1.29, 1.82) is 0 Å². The zero-order chi connectivity index (χ0) is 19.9. The Bertz CT molecular complexity index is 1010. The maximum atomic E-state index is 12.3. The monoisotopic (exact) mass is 392 g/mol. The smallest absolute Gasteiger partial charge is 0.248 e. The van der Waals surface area contributed by atoms with Crippen LogP contribution in [0, 0.1) is 0 Å². The number of carbonyl (C=O) groups is 2. The zero-order valence-electron chi connectivity index (χ0n) is 15.6. The normalized spacial score (nSPS) is 10.6. The van der Waals surface area contributed by atoms with E-state index >= 15 is 0 Å². The number of rotatable bonds is 6.